The molecule has 2 rings (SSSR count). The lowest BCUT2D eigenvalue weighted by atomic mass is 10.1. The van der Waals surface area contributed by atoms with E-state index in [4.69, 9.17) is 0 Å². The topological polar surface area (TPSA) is 40.5 Å². The minimum Gasteiger partial charge on any atom is -0.480 e. The zero-order valence-corrected chi connectivity index (χ0v) is 10.6. The molecule has 1 saturated heterocycles. The Hall–Kier alpha value is -1.49. The van der Waals surface area contributed by atoms with Crippen molar-refractivity contribution in [3.63, 3.8) is 0 Å². The molecular formula is C14H17F2NO2. The summed E-state index contributed by atoms with van der Waals surface area (Å²) in [5, 5.41) is 9.23. The third kappa shape index (κ3) is 3.29. The highest BCUT2D eigenvalue weighted by Gasteiger charge is 2.27. The van der Waals surface area contributed by atoms with E-state index >= 15 is 0 Å². The number of benzene rings is 1. The van der Waals surface area contributed by atoms with E-state index in [1.807, 2.05) is 0 Å². The summed E-state index contributed by atoms with van der Waals surface area (Å²) < 4.78 is 26.8. The van der Waals surface area contributed by atoms with E-state index in [-0.39, 0.29) is 12.1 Å². The van der Waals surface area contributed by atoms with Crippen LogP contribution in [-0.4, -0.2) is 28.6 Å². The molecule has 1 aliphatic heterocycles. The SMILES string of the molecule is O=C(O)C1CCCCCN1Cc1cccc(F)c1F. The Morgan fingerprint density at radius 2 is 2.11 bits per heavy atom. The number of likely N-dealkylation sites (tertiary alicyclic amines) is 1. The third-order valence-corrected chi connectivity index (χ3v) is 3.55. The van der Waals surface area contributed by atoms with E-state index in [1.54, 1.807) is 4.90 Å². The maximum atomic E-state index is 13.6. The molecule has 0 radical (unpaired) electrons. The Morgan fingerprint density at radius 1 is 1.32 bits per heavy atom. The molecule has 104 valence electrons. The first-order valence-electron chi connectivity index (χ1n) is 6.49. The molecule has 5 heteroatoms. The zero-order valence-electron chi connectivity index (χ0n) is 10.6. The van der Waals surface area contributed by atoms with Crippen molar-refractivity contribution in [2.24, 2.45) is 0 Å². The van der Waals surface area contributed by atoms with Crippen LogP contribution >= 0.6 is 0 Å². The largest absolute Gasteiger partial charge is 0.480 e. The van der Waals surface area contributed by atoms with Gasteiger partial charge in [0, 0.05) is 12.1 Å². The van der Waals surface area contributed by atoms with Gasteiger partial charge in [0.2, 0.25) is 0 Å². The molecule has 0 amide bonds. The molecule has 1 aliphatic rings. The normalized spacial score (nSPS) is 21.1. The number of carboxylic acid groups (broad SMARTS) is 1. The fourth-order valence-electron chi connectivity index (χ4n) is 2.53. The van der Waals surface area contributed by atoms with Gasteiger partial charge < -0.3 is 5.11 Å². The molecule has 3 nitrogen and oxygen atoms in total. The molecule has 0 spiro atoms. The van der Waals surface area contributed by atoms with Crippen LogP contribution in [0.1, 0.15) is 31.2 Å². The summed E-state index contributed by atoms with van der Waals surface area (Å²) in [4.78, 5) is 13.0. The molecular weight excluding hydrogens is 252 g/mol. The van der Waals surface area contributed by atoms with Crippen molar-refractivity contribution in [1.29, 1.82) is 0 Å². The molecule has 1 N–H and O–H groups in total. The van der Waals surface area contributed by atoms with Gasteiger partial charge >= 0.3 is 5.97 Å². The predicted octanol–water partition coefficient (Wildman–Crippen LogP) is 2.79. The van der Waals surface area contributed by atoms with Crippen LogP contribution in [0.5, 0.6) is 0 Å². The average Bonchev–Trinajstić information content (AvgIpc) is 2.60. The van der Waals surface area contributed by atoms with E-state index in [0.717, 1.165) is 25.3 Å². The van der Waals surface area contributed by atoms with Gasteiger partial charge in [-0.25, -0.2) is 8.78 Å². The second kappa shape index (κ2) is 6.10. The molecule has 0 bridgehead atoms. The molecule has 1 aromatic carbocycles. The Bertz CT molecular complexity index is 465. The van der Waals surface area contributed by atoms with Crippen LogP contribution in [0.2, 0.25) is 0 Å². The first-order chi connectivity index (χ1) is 9.09. The second-order valence-corrected chi connectivity index (χ2v) is 4.89. The highest BCUT2D eigenvalue weighted by Crippen LogP contribution is 2.21. The molecule has 0 aliphatic carbocycles. The van der Waals surface area contributed by atoms with E-state index < -0.39 is 23.6 Å². The molecule has 1 aromatic rings. The van der Waals surface area contributed by atoms with Gasteiger partial charge in [0.15, 0.2) is 11.6 Å². The summed E-state index contributed by atoms with van der Waals surface area (Å²) in [7, 11) is 0. The van der Waals surface area contributed by atoms with Crippen LogP contribution in [0.3, 0.4) is 0 Å². The first-order valence-corrected chi connectivity index (χ1v) is 6.49. The first kappa shape index (κ1) is 13.9. The van der Waals surface area contributed by atoms with Gasteiger partial charge in [0.05, 0.1) is 0 Å². The van der Waals surface area contributed by atoms with Gasteiger partial charge in [0.1, 0.15) is 6.04 Å². The summed E-state index contributed by atoms with van der Waals surface area (Å²) >= 11 is 0. The molecule has 1 unspecified atom stereocenters. The van der Waals surface area contributed by atoms with E-state index in [1.165, 1.54) is 12.1 Å². The number of nitrogens with zero attached hydrogens (tertiary/aromatic N) is 1. The number of hydrogen-bond acceptors (Lipinski definition) is 2. The lowest BCUT2D eigenvalue weighted by Gasteiger charge is -2.26. The molecule has 1 heterocycles. The summed E-state index contributed by atoms with van der Waals surface area (Å²) in [6.45, 7) is 0.744. The van der Waals surface area contributed by atoms with E-state index in [2.05, 4.69) is 0 Å². The van der Waals surface area contributed by atoms with Crippen LogP contribution in [-0.2, 0) is 11.3 Å². The maximum Gasteiger partial charge on any atom is 0.320 e. The van der Waals surface area contributed by atoms with Crippen molar-refractivity contribution < 1.29 is 18.7 Å². The Balaban J connectivity index is 2.18. The van der Waals surface area contributed by atoms with E-state index in [0.29, 0.717) is 13.0 Å². The average molecular weight is 269 g/mol. The monoisotopic (exact) mass is 269 g/mol. The summed E-state index contributed by atoms with van der Waals surface area (Å²) in [6.07, 6.45) is 3.29. The summed E-state index contributed by atoms with van der Waals surface area (Å²) in [6, 6.07) is 3.41. The van der Waals surface area contributed by atoms with Gasteiger partial charge in [0.25, 0.3) is 0 Å². The molecule has 0 aromatic heterocycles. The van der Waals surface area contributed by atoms with Crippen LogP contribution in [0, 0.1) is 11.6 Å². The van der Waals surface area contributed by atoms with Crippen LogP contribution in [0.25, 0.3) is 0 Å². The van der Waals surface area contributed by atoms with Crippen molar-refractivity contribution in [2.75, 3.05) is 6.54 Å². The van der Waals surface area contributed by atoms with Gasteiger partial charge in [-0.15, -0.1) is 0 Å². The van der Waals surface area contributed by atoms with Gasteiger partial charge in [-0.2, -0.15) is 0 Å². The maximum absolute atomic E-state index is 13.6. The molecule has 1 fully saturated rings. The van der Waals surface area contributed by atoms with E-state index in [9.17, 15) is 18.7 Å². The quantitative estimate of drug-likeness (QED) is 0.917. The molecule has 19 heavy (non-hydrogen) atoms. The minimum absolute atomic E-state index is 0.139. The van der Waals surface area contributed by atoms with Crippen molar-refractivity contribution in [3.05, 3.63) is 35.4 Å². The van der Waals surface area contributed by atoms with Crippen LogP contribution in [0.15, 0.2) is 18.2 Å². The molecule has 0 saturated carbocycles. The number of aliphatic carboxylic acids is 1. The Morgan fingerprint density at radius 3 is 2.84 bits per heavy atom. The Labute approximate surface area is 110 Å². The fourth-order valence-corrected chi connectivity index (χ4v) is 2.53. The highest BCUT2D eigenvalue weighted by atomic mass is 19.2. The number of carbonyl (C=O) groups is 1. The van der Waals surface area contributed by atoms with Crippen molar-refractivity contribution in [2.45, 2.75) is 38.3 Å². The predicted molar refractivity (Wildman–Crippen MR) is 66.7 cm³/mol. The van der Waals surface area contributed by atoms with Crippen molar-refractivity contribution >= 4 is 5.97 Å². The highest BCUT2D eigenvalue weighted by molar-refractivity contribution is 5.73. The fraction of sp³-hybridized carbons (Fsp3) is 0.500. The third-order valence-electron chi connectivity index (χ3n) is 3.55. The standard InChI is InChI=1S/C14H17F2NO2/c15-11-6-4-5-10(13(11)16)9-17-8-3-1-2-7-12(17)14(18)19/h4-6,12H,1-3,7-9H2,(H,18,19). The summed E-state index contributed by atoms with van der Waals surface area (Å²) in [5.74, 6) is -2.66. The smallest absolute Gasteiger partial charge is 0.320 e. The van der Waals surface area contributed by atoms with Crippen LogP contribution < -0.4 is 0 Å². The van der Waals surface area contributed by atoms with Crippen LogP contribution in [0.4, 0.5) is 8.78 Å². The molecule has 1 atom stereocenters. The lowest BCUT2D eigenvalue weighted by Crippen LogP contribution is -2.40. The number of rotatable bonds is 3. The number of hydrogen-bond donors (Lipinski definition) is 1. The van der Waals surface area contributed by atoms with Gasteiger partial charge in [-0.3, -0.25) is 9.69 Å². The van der Waals surface area contributed by atoms with Crippen molar-refractivity contribution in [1.82, 2.24) is 4.90 Å². The Kier molecular flexibility index (Phi) is 4.47. The lowest BCUT2D eigenvalue weighted by molar-refractivity contribution is -0.143. The number of carboxylic acids is 1. The minimum atomic E-state index is -0.890. The summed E-state index contributed by atoms with van der Waals surface area (Å²) in [5.41, 5.74) is 0.216. The zero-order chi connectivity index (χ0) is 13.8. The van der Waals surface area contributed by atoms with Gasteiger partial charge in [-0.1, -0.05) is 25.0 Å². The van der Waals surface area contributed by atoms with Crippen molar-refractivity contribution in [3.8, 4) is 0 Å². The van der Waals surface area contributed by atoms with Gasteiger partial charge in [-0.05, 0) is 25.5 Å². The number of halogens is 2. The second-order valence-electron chi connectivity index (χ2n) is 4.89.